The van der Waals surface area contributed by atoms with Crippen LogP contribution in [0.3, 0.4) is 0 Å². The van der Waals surface area contributed by atoms with Gasteiger partial charge in [0.2, 0.25) is 0 Å². The van der Waals surface area contributed by atoms with Crippen molar-refractivity contribution in [1.82, 2.24) is 0 Å². The Labute approximate surface area is 91.1 Å². The maximum Gasteiger partial charge on any atom is 0.170 e. The van der Waals surface area contributed by atoms with E-state index < -0.39 is 0 Å². The van der Waals surface area contributed by atoms with E-state index in [1.54, 1.807) is 7.11 Å². The summed E-state index contributed by atoms with van der Waals surface area (Å²) in [6.07, 6.45) is 0. The Morgan fingerprint density at radius 3 is 2.53 bits per heavy atom. The van der Waals surface area contributed by atoms with Crippen molar-refractivity contribution in [2.45, 2.75) is 13.6 Å². The smallest absolute Gasteiger partial charge is 0.170 e. The first-order valence-corrected chi connectivity index (χ1v) is 5.29. The Kier molecular flexibility index (Phi) is 2.67. The van der Waals surface area contributed by atoms with E-state index in [-0.39, 0.29) is 0 Å². The molecule has 2 rings (SSSR count). The molecule has 0 aliphatic rings. The van der Waals surface area contributed by atoms with Gasteiger partial charge in [0.1, 0.15) is 5.75 Å². The van der Waals surface area contributed by atoms with E-state index in [0.717, 1.165) is 5.75 Å². The molecule has 15 heavy (non-hydrogen) atoms. The summed E-state index contributed by atoms with van der Waals surface area (Å²) in [6.45, 7) is 5.00. The molecule has 0 atom stereocenters. The van der Waals surface area contributed by atoms with Gasteiger partial charge in [0.25, 0.3) is 0 Å². The molecule has 2 heteroatoms. The highest BCUT2D eigenvalue weighted by atomic mass is 16.5. The number of methoxy groups -OCH3 is 1. The van der Waals surface area contributed by atoms with Crippen LogP contribution in [0.5, 0.6) is 5.75 Å². The van der Waals surface area contributed by atoms with Crippen LogP contribution in [0.15, 0.2) is 36.4 Å². The molecule has 0 aliphatic heterocycles. The third kappa shape index (κ3) is 1.85. The first-order valence-electron chi connectivity index (χ1n) is 5.29. The zero-order chi connectivity index (χ0) is 10.8. The van der Waals surface area contributed by atoms with Gasteiger partial charge in [-0.05, 0) is 22.9 Å². The molecule has 0 unspecified atom stereocenters. The van der Waals surface area contributed by atoms with Gasteiger partial charge in [-0.2, -0.15) is 0 Å². The second kappa shape index (κ2) is 3.97. The molecule has 0 amide bonds. The van der Waals surface area contributed by atoms with Gasteiger partial charge < -0.3 is 4.74 Å². The van der Waals surface area contributed by atoms with Crippen LogP contribution < -0.4 is 10.2 Å². The summed E-state index contributed by atoms with van der Waals surface area (Å²) in [5, 5.41) is 2.58. The Balaban J connectivity index is 2.67. The Bertz CT molecular complexity index is 477. The van der Waals surface area contributed by atoms with Crippen LogP contribution in [0, 0.1) is 0 Å². The molecule has 2 aromatic rings. The minimum absolute atomic E-state index is 0.557. The van der Waals surface area contributed by atoms with Crippen LogP contribution in [-0.4, -0.2) is 13.8 Å². The molecule has 0 saturated heterocycles. The highest BCUT2D eigenvalue weighted by Crippen LogP contribution is 2.19. The minimum atomic E-state index is 0.557. The Morgan fingerprint density at radius 1 is 1.07 bits per heavy atom. The lowest BCUT2D eigenvalue weighted by Gasteiger charge is -2.09. The average molecular weight is 198 g/mol. The number of ether oxygens (including phenoxy) is 1. The van der Waals surface area contributed by atoms with Crippen LogP contribution in [-0.2, 0) is 0 Å². The highest BCUT2D eigenvalue weighted by Gasteiger charge is 2.07. The summed E-state index contributed by atoms with van der Waals surface area (Å²) >= 11 is 0. The second-order valence-corrected chi connectivity index (χ2v) is 4.09. The lowest BCUT2D eigenvalue weighted by Crippen LogP contribution is -2.23. The van der Waals surface area contributed by atoms with Gasteiger partial charge in [-0.3, -0.25) is 0 Å². The van der Waals surface area contributed by atoms with Gasteiger partial charge in [-0.1, -0.05) is 43.4 Å². The first-order chi connectivity index (χ1) is 7.22. The fraction of sp³-hybridized carbons (Fsp3) is 0.231. The molecule has 2 aromatic carbocycles. The monoisotopic (exact) mass is 198 g/mol. The number of hydrogen-bond donors (Lipinski definition) is 0. The number of hydrogen-bond acceptors (Lipinski definition) is 1. The summed E-state index contributed by atoms with van der Waals surface area (Å²) in [5.41, 5.74) is 1.40. The number of fused-ring (bicyclic) bond motifs is 1. The molecular formula is C13H15BO. The van der Waals surface area contributed by atoms with Gasteiger partial charge >= 0.3 is 0 Å². The zero-order valence-corrected chi connectivity index (χ0v) is 9.45. The average Bonchev–Trinajstić information content (AvgIpc) is 2.27. The normalized spacial score (nSPS) is 10.3. The maximum atomic E-state index is 5.22. The van der Waals surface area contributed by atoms with E-state index in [1.807, 2.05) is 6.07 Å². The maximum absolute atomic E-state index is 5.22. The fourth-order valence-electron chi connectivity index (χ4n) is 1.92. The molecule has 0 aliphatic carbocycles. The van der Waals surface area contributed by atoms with Crippen molar-refractivity contribution in [2.24, 2.45) is 0 Å². The van der Waals surface area contributed by atoms with Gasteiger partial charge in [-0.25, -0.2) is 0 Å². The first kappa shape index (κ1) is 10.1. The molecule has 0 spiro atoms. The van der Waals surface area contributed by atoms with E-state index in [0.29, 0.717) is 6.71 Å². The standard InChI is InChI=1S/C13H15BO/c1-14(2)13-6-4-5-10-9-11(15-3)7-8-12(10)13/h4-9H,1-3H3. The molecule has 76 valence electrons. The van der Waals surface area contributed by atoms with Crippen molar-refractivity contribution in [3.8, 4) is 5.75 Å². The van der Waals surface area contributed by atoms with Crippen LogP contribution >= 0.6 is 0 Å². The molecule has 0 bridgehead atoms. The predicted octanol–water partition coefficient (Wildman–Crippen LogP) is 2.81. The molecule has 0 radical (unpaired) electrons. The fourth-order valence-corrected chi connectivity index (χ4v) is 1.92. The minimum Gasteiger partial charge on any atom is -0.497 e. The molecule has 0 N–H and O–H groups in total. The van der Waals surface area contributed by atoms with Gasteiger partial charge in [-0.15, -0.1) is 0 Å². The van der Waals surface area contributed by atoms with E-state index in [4.69, 9.17) is 4.74 Å². The Hall–Kier alpha value is -1.44. The zero-order valence-electron chi connectivity index (χ0n) is 9.45. The molecule has 0 aromatic heterocycles. The van der Waals surface area contributed by atoms with E-state index >= 15 is 0 Å². The Morgan fingerprint density at radius 2 is 1.87 bits per heavy atom. The van der Waals surface area contributed by atoms with E-state index in [2.05, 4.69) is 44.0 Å². The summed E-state index contributed by atoms with van der Waals surface area (Å²) in [4.78, 5) is 0. The number of benzene rings is 2. The molecular weight excluding hydrogens is 183 g/mol. The van der Waals surface area contributed by atoms with Crippen LogP contribution in [0.25, 0.3) is 10.8 Å². The van der Waals surface area contributed by atoms with Crippen molar-refractivity contribution in [2.75, 3.05) is 7.11 Å². The van der Waals surface area contributed by atoms with Crippen LogP contribution in [0.2, 0.25) is 13.6 Å². The van der Waals surface area contributed by atoms with Crippen molar-refractivity contribution in [3.63, 3.8) is 0 Å². The predicted molar refractivity (Wildman–Crippen MR) is 67.6 cm³/mol. The third-order valence-electron chi connectivity index (χ3n) is 2.74. The summed E-state index contributed by atoms with van der Waals surface area (Å²) in [5.74, 6) is 0.920. The summed E-state index contributed by atoms with van der Waals surface area (Å²) < 4.78 is 5.22. The topological polar surface area (TPSA) is 9.23 Å². The van der Waals surface area contributed by atoms with Crippen LogP contribution in [0.1, 0.15) is 0 Å². The van der Waals surface area contributed by atoms with Gasteiger partial charge in [0, 0.05) is 0 Å². The van der Waals surface area contributed by atoms with Crippen molar-refractivity contribution < 1.29 is 4.74 Å². The van der Waals surface area contributed by atoms with E-state index in [1.165, 1.54) is 16.2 Å². The molecule has 0 fully saturated rings. The molecule has 0 saturated carbocycles. The SMILES string of the molecule is COc1ccc2c(B(C)C)cccc2c1. The quantitative estimate of drug-likeness (QED) is 0.674. The van der Waals surface area contributed by atoms with Crippen molar-refractivity contribution in [1.29, 1.82) is 0 Å². The lowest BCUT2D eigenvalue weighted by molar-refractivity contribution is 0.415. The molecule has 1 nitrogen and oxygen atoms in total. The third-order valence-corrected chi connectivity index (χ3v) is 2.74. The molecule has 0 heterocycles. The largest absolute Gasteiger partial charge is 0.497 e. The van der Waals surface area contributed by atoms with E-state index in [9.17, 15) is 0 Å². The van der Waals surface area contributed by atoms with Gasteiger partial charge in [0.05, 0.1) is 7.11 Å². The number of rotatable bonds is 2. The van der Waals surface area contributed by atoms with Gasteiger partial charge in [0.15, 0.2) is 6.71 Å². The lowest BCUT2D eigenvalue weighted by atomic mass is 9.48. The summed E-state index contributed by atoms with van der Waals surface area (Å²) in [7, 11) is 1.70. The van der Waals surface area contributed by atoms with Crippen molar-refractivity contribution in [3.05, 3.63) is 36.4 Å². The summed E-state index contributed by atoms with van der Waals surface area (Å²) in [6, 6.07) is 12.7. The van der Waals surface area contributed by atoms with Crippen molar-refractivity contribution >= 4 is 22.9 Å². The van der Waals surface area contributed by atoms with Crippen LogP contribution in [0.4, 0.5) is 0 Å². The second-order valence-electron chi connectivity index (χ2n) is 4.09. The highest BCUT2D eigenvalue weighted by molar-refractivity contribution is 6.73.